The number of methoxy groups -OCH3 is 1. The van der Waals surface area contributed by atoms with Crippen LogP contribution in [0.3, 0.4) is 0 Å². The van der Waals surface area contributed by atoms with Gasteiger partial charge in [0.1, 0.15) is 5.75 Å². The van der Waals surface area contributed by atoms with E-state index < -0.39 is 21.7 Å². The second-order valence-electron chi connectivity index (χ2n) is 4.55. The molecular formula is C14H20O5S. The Labute approximate surface area is 119 Å². The van der Waals surface area contributed by atoms with Gasteiger partial charge in [0, 0.05) is 0 Å². The molecule has 6 heteroatoms. The lowest BCUT2D eigenvalue weighted by molar-refractivity contribution is -0.144. The molecule has 1 aromatic rings. The first kappa shape index (κ1) is 16.5. The average molecular weight is 300 g/mol. The molecule has 0 aliphatic carbocycles. The molecule has 20 heavy (non-hydrogen) atoms. The Hall–Kier alpha value is -1.56. The van der Waals surface area contributed by atoms with E-state index in [0.717, 1.165) is 0 Å². The Morgan fingerprint density at radius 2 is 1.90 bits per heavy atom. The molecule has 0 heterocycles. The summed E-state index contributed by atoms with van der Waals surface area (Å²) in [5.41, 5.74) is 0. The maximum absolute atomic E-state index is 11.8. The highest BCUT2D eigenvalue weighted by Gasteiger charge is 2.21. The fraction of sp³-hybridized carbons (Fsp3) is 0.500. The quantitative estimate of drug-likeness (QED) is 0.539. The first-order chi connectivity index (χ1) is 9.44. The van der Waals surface area contributed by atoms with Crippen molar-refractivity contribution in [3.8, 4) is 5.75 Å². The van der Waals surface area contributed by atoms with Crippen LogP contribution in [-0.2, 0) is 19.4 Å². The minimum Gasteiger partial charge on any atom is -0.494 e. The zero-order valence-corrected chi connectivity index (χ0v) is 12.6. The lowest BCUT2D eigenvalue weighted by Gasteiger charge is -2.10. The molecule has 0 radical (unpaired) electrons. The molecule has 0 fully saturated rings. The number of carbonyl (C=O) groups is 1. The molecule has 0 aromatic heterocycles. The van der Waals surface area contributed by atoms with Gasteiger partial charge >= 0.3 is 5.97 Å². The Kier molecular flexibility index (Phi) is 6.51. The van der Waals surface area contributed by atoms with Gasteiger partial charge in [0.05, 0.1) is 31.1 Å². The molecule has 0 saturated heterocycles. The van der Waals surface area contributed by atoms with Crippen LogP contribution in [0.5, 0.6) is 5.75 Å². The summed E-state index contributed by atoms with van der Waals surface area (Å²) in [6, 6.07) is 9.21. The van der Waals surface area contributed by atoms with E-state index in [1.807, 2.05) is 30.3 Å². The van der Waals surface area contributed by atoms with Gasteiger partial charge in [0.25, 0.3) is 0 Å². The monoisotopic (exact) mass is 300 g/mol. The molecule has 0 spiro atoms. The van der Waals surface area contributed by atoms with Crippen LogP contribution in [0.4, 0.5) is 0 Å². The third kappa shape index (κ3) is 6.06. The Morgan fingerprint density at radius 3 is 2.50 bits per heavy atom. The van der Waals surface area contributed by atoms with E-state index in [0.29, 0.717) is 18.8 Å². The standard InChI is InChI=1S/C14H20O5S/c1-12(14(15)18-2)11-20(16,17)10-6-9-19-13-7-4-3-5-8-13/h3-5,7-8,12H,6,9-11H2,1-2H3. The minimum absolute atomic E-state index is 0.00116. The van der Waals surface area contributed by atoms with Crippen LogP contribution in [0.15, 0.2) is 30.3 Å². The van der Waals surface area contributed by atoms with Gasteiger partial charge in [0.2, 0.25) is 0 Å². The molecule has 0 N–H and O–H groups in total. The molecule has 112 valence electrons. The lowest BCUT2D eigenvalue weighted by Crippen LogP contribution is -2.24. The summed E-state index contributed by atoms with van der Waals surface area (Å²) in [6.07, 6.45) is 0.394. The second kappa shape index (κ2) is 7.89. The van der Waals surface area contributed by atoms with Gasteiger partial charge in [0.15, 0.2) is 9.84 Å². The number of esters is 1. The first-order valence-electron chi connectivity index (χ1n) is 6.40. The third-order valence-corrected chi connectivity index (χ3v) is 4.64. The van der Waals surface area contributed by atoms with Crippen molar-refractivity contribution in [3.63, 3.8) is 0 Å². The van der Waals surface area contributed by atoms with E-state index in [4.69, 9.17) is 4.74 Å². The molecule has 0 saturated carbocycles. The Balaban J connectivity index is 2.31. The van der Waals surface area contributed by atoms with Gasteiger partial charge in [-0.25, -0.2) is 8.42 Å². The molecule has 0 bridgehead atoms. The summed E-state index contributed by atoms with van der Waals surface area (Å²) in [5.74, 6) is -0.617. The van der Waals surface area contributed by atoms with Crippen LogP contribution in [0.25, 0.3) is 0 Å². The smallest absolute Gasteiger partial charge is 0.309 e. The number of sulfone groups is 1. The van der Waals surface area contributed by atoms with Crippen molar-refractivity contribution in [1.29, 1.82) is 0 Å². The summed E-state index contributed by atoms with van der Waals surface area (Å²) in [4.78, 5) is 11.2. The van der Waals surface area contributed by atoms with Crippen molar-refractivity contribution in [3.05, 3.63) is 30.3 Å². The van der Waals surface area contributed by atoms with Crippen molar-refractivity contribution in [2.45, 2.75) is 13.3 Å². The number of para-hydroxylation sites is 1. The van der Waals surface area contributed by atoms with Crippen molar-refractivity contribution < 1.29 is 22.7 Å². The highest BCUT2D eigenvalue weighted by atomic mass is 32.2. The van der Waals surface area contributed by atoms with Crippen molar-refractivity contribution in [2.75, 3.05) is 25.2 Å². The molecule has 1 atom stereocenters. The van der Waals surface area contributed by atoms with E-state index in [9.17, 15) is 13.2 Å². The average Bonchev–Trinajstić information content (AvgIpc) is 2.43. The normalized spacial score (nSPS) is 12.7. The summed E-state index contributed by atoms with van der Waals surface area (Å²) >= 11 is 0. The molecule has 0 aliphatic heterocycles. The van der Waals surface area contributed by atoms with Crippen molar-refractivity contribution >= 4 is 15.8 Å². The Morgan fingerprint density at radius 1 is 1.25 bits per heavy atom. The number of ether oxygens (including phenoxy) is 2. The molecule has 0 aliphatic rings. The summed E-state index contributed by atoms with van der Waals surface area (Å²) < 4.78 is 33.6. The number of hydrogen-bond acceptors (Lipinski definition) is 5. The summed E-state index contributed by atoms with van der Waals surface area (Å²) in [5, 5.41) is 0. The maximum atomic E-state index is 11.8. The predicted octanol–water partition coefficient (Wildman–Crippen LogP) is 1.68. The molecule has 1 aromatic carbocycles. The van der Waals surface area contributed by atoms with E-state index in [2.05, 4.69) is 4.74 Å². The molecular weight excluding hydrogens is 280 g/mol. The molecule has 1 unspecified atom stereocenters. The van der Waals surface area contributed by atoms with Gasteiger partial charge < -0.3 is 9.47 Å². The highest BCUT2D eigenvalue weighted by molar-refractivity contribution is 7.91. The fourth-order valence-corrected chi connectivity index (χ4v) is 3.34. The fourth-order valence-electron chi connectivity index (χ4n) is 1.72. The van der Waals surface area contributed by atoms with Crippen LogP contribution in [0, 0.1) is 5.92 Å². The zero-order valence-electron chi connectivity index (χ0n) is 11.7. The lowest BCUT2D eigenvalue weighted by atomic mass is 10.2. The SMILES string of the molecule is COC(=O)C(C)CS(=O)(=O)CCCOc1ccccc1. The largest absolute Gasteiger partial charge is 0.494 e. The molecule has 5 nitrogen and oxygen atoms in total. The van der Waals surface area contributed by atoms with E-state index in [-0.39, 0.29) is 11.5 Å². The van der Waals surface area contributed by atoms with Gasteiger partial charge in [-0.1, -0.05) is 25.1 Å². The zero-order chi connectivity index (χ0) is 15.0. The van der Waals surface area contributed by atoms with Crippen LogP contribution in [-0.4, -0.2) is 39.6 Å². The van der Waals surface area contributed by atoms with Crippen LogP contribution >= 0.6 is 0 Å². The van der Waals surface area contributed by atoms with E-state index in [1.54, 1.807) is 6.92 Å². The van der Waals surface area contributed by atoms with Gasteiger partial charge in [-0.15, -0.1) is 0 Å². The highest BCUT2D eigenvalue weighted by Crippen LogP contribution is 2.09. The molecule has 1 rings (SSSR count). The maximum Gasteiger partial charge on any atom is 0.309 e. The first-order valence-corrected chi connectivity index (χ1v) is 8.23. The predicted molar refractivity (Wildman–Crippen MR) is 76.4 cm³/mol. The number of rotatable bonds is 8. The van der Waals surface area contributed by atoms with Crippen LogP contribution in [0.2, 0.25) is 0 Å². The topological polar surface area (TPSA) is 69.7 Å². The minimum atomic E-state index is -3.27. The van der Waals surface area contributed by atoms with Crippen LogP contribution < -0.4 is 4.74 Å². The molecule has 0 amide bonds. The van der Waals surface area contributed by atoms with Gasteiger partial charge in [-0.2, -0.15) is 0 Å². The van der Waals surface area contributed by atoms with E-state index in [1.165, 1.54) is 7.11 Å². The van der Waals surface area contributed by atoms with Gasteiger partial charge in [-0.3, -0.25) is 4.79 Å². The van der Waals surface area contributed by atoms with Gasteiger partial charge in [-0.05, 0) is 18.6 Å². The van der Waals surface area contributed by atoms with Crippen molar-refractivity contribution in [2.24, 2.45) is 5.92 Å². The summed E-state index contributed by atoms with van der Waals surface area (Å²) in [7, 11) is -2.02. The Bertz CT molecular complexity index is 510. The number of carbonyl (C=O) groups excluding carboxylic acids is 1. The summed E-state index contributed by atoms with van der Waals surface area (Å²) in [6.45, 7) is 1.87. The second-order valence-corrected chi connectivity index (χ2v) is 6.78. The third-order valence-electron chi connectivity index (χ3n) is 2.72. The number of benzene rings is 1. The van der Waals surface area contributed by atoms with Crippen LogP contribution in [0.1, 0.15) is 13.3 Å². The van der Waals surface area contributed by atoms with E-state index >= 15 is 0 Å². The number of hydrogen-bond donors (Lipinski definition) is 0. The van der Waals surface area contributed by atoms with Crippen molar-refractivity contribution in [1.82, 2.24) is 0 Å².